The number of rotatable bonds is 6. The minimum Gasteiger partial charge on any atom is -0.441 e. The molecule has 3 rings (SSSR count). The Morgan fingerprint density at radius 1 is 1.14 bits per heavy atom. The Bertz CT molecular complexity index is 1080. The third-order valence-corrected chi connectivity index (χ3v) is 3.90. The van der Waals surface area contributed by atoms with Crippen molar-refractivity contribution in [2.45, 2.75) is 19.7 Å². The van der Waals surface area contributed by atoms with Gasteiger partial charge in [-0.2, -0.15) is 4.68 Å². The summed E-state index contributed by atoms with van der Waals surface area (Å²) < 4.78 is 6.01. The van der Waals surface area contributed by atoms with Gasteiger partial charge in [0.05, 0.1) is 5.39 Å². The number of fused-ring (bicyclic) bond motifs is 1. The van der Waals surface area contributed by atoms with E-state index < -0.39 is 30.2 Å². The number of esters is 1. The molecule has 0 spiro atoms. The van der Waals surface area contributed by atoms with Crippen molar-refractivity contribution < 1.29 is 14.3 Å². The number of hydrogen-bond donors (Lipinski definition) is 1. The van der Waals surface area contributed by atoms with Crippen molar-refractivity contribution in [3.8, 4) is 0 Å². The van der Waals surface area contributed by atoms with Crippen molar-refractivity contribution in [2.24, 2.45) is 0 Å². The molecule has 28 heavy (non-hydrogen) atoms. The minimum atomic E-state index is -0.892. The van der Waals surface area contributed by atoms with E-state index in [1.807, 2.05) is 30.3 Å². The van der Waals surface area contributed by atoms with Gasteiger partial charge < -0.3 is 10.1 Å². The first-order chi connectivity index (χ1) is 13.5. The zero-order valence-corrected chi connectivity index (χ0v) is 15.1. The third-order valence-electron chi connectivity index (χ3n) is 3.90. The first-order valence-corrected chi connectivity index (χ1v) is 8.57. The van der Waals surface area contributed by atoms with E-state index in [-0.39, 0.29) is 0 Å². The average molecular weight is 378 g/mol. The van der Waals surface area contributed by atoms with E-state index in [1.165, 1.54) is 13.0 Å². The van der Waals surface area contributed by atoms with Crippen molar-refractivity contribution >= 4 is 28.9 Å². The predicted molar refractivity (Wildman–Crippen MR) is 103 cm³/mol. The summed E-state index contributed by atoms with van der Waals surface area (Å²) in [6, 6.07) is 15.1. The van der Waals surface area contributed by atoms with Gasteiger partial charge in [0.1, 0.15) is 11.6 Å². The fourth-order valence-corrected chi connectivity index (χ4v) is 2.41. The van der Waals surface area contributed by atoms with Gasteiger partial charge in [-0.15, -0.1) is 5.10 Å². The number of carbonyl (C=O) groups is 2. The van der Waals surface area contributed by atoms with Gasteiger partial charge in [0.2, 0.25) is 5.91 Å². The highest BCUT2D eigenvalue weighted by atomic mass is 16.5. The molecule has 0 saturated carbocycles. The Morgan fingerprint density at radius 3 is 2.64 bits per heavy atom. The average Bonchev–Trinajstić information content (AvgIpc) is 2.72. The number of hydrogen-bond acceptors (Lipinski definition) is 6. The molecule has 8 nitrogen and oxygen atoms in total. The van der Waals surface area contributed by atoms with E-state index in [0.29, 0.717) is 10.9 Å². The summed E-state index contributed by atoms with van der Waals surface area (Å²) in [6.45, 7) is 1.10. The topological polar surface area (TPSA) is 103 Å². The number of nitrogens with zero attached hydrogens (tertiary/aromatic N) is 3. The SMILES string of the molecule is C[C@H](NC(=O)/C=C/c1ccccc1)C(=O)OCn1nnc2ccccc2c1=O. The predicted octanol–water partition coefficient (Wildman–Crippen LogP) is 1.51. The lowest BCUT2D eigenvalue weighted by Crippen LogP contribution is -2.39. The summed E-state index contributed by atoms with van der Waals surface area (Å²) in [5, 5.41) is 10.5. The number of benzene rings is 2. The first-order valence-electron chi connectivity index (χ1n) is 8.57. The standard InChI is InChI=1S/C20H18N4O4/c1-14(21-18(25)12-11-15-7-3-2-4-8-15)20(27)28-13-24-19(26)16-9-5-6-10-17(16)22-23-24/h2-12,14H,13H2,1H3,(H,21,25)/b12-11+/t14-/m0/s1. The van der Waals surface area contributed by atoms with Gasteiger partial charge in [0.15, 0.2) is 6.73 Å². The maximum atomic E-state index is 12.3. The molecular weight excluding hydrogens is 360 g/mol. The van der Waals surface area contributed by atoms with Crippen LogP contribution in [0.4, 0.5) is 0 Å². The van der Waals surface area contributed by atoms with Gasteiger partial charge in [-0.3, -0.25) is 9.59 Å². The van der Waals surface area contributed by atoms with Crippen LogP contribution in [-0.2, 0) is 21.1 Å². The second-order valence-electron chi connectivity index (χ2n) is 5.98. The molecule has 1 atom stereocenters. The van der Waals surface area contributed by atoms with Gasteiger partial charge in [0, 0.05) is 6.08 Å². The van der Waals surface area contributed by atoms with Gasteiger partial charge >= 0.3 is 5.97 Å². The summed E-state index contributed by atoms with van der Waals surface area (Å²) >= 11 is 0. The Morgan fingerprint density at radius 2 is 1.86 bits per heavy atom. The first kappa shape index (κ1) is 19.0. The van der Waals surface area contributed by atoms with E-state index >= 15 is 0 Å². The van der Waals surface area contributed by atoms with Crippen LogP contribution >= 0.6 is 0 Å². The molecule has 3 aromatic rings. The van der Waals surface area contributed by atoms with Crippen LogP contribution in [0.2, 0.25) is 0 Å². The van der Waals surface area contributed by atoms with Crippen LogP contribution in [0.3, 0.4) is 0 Å². The third kappa shape index (κ3) is 4.67. The quantitative estimate of drug-likeness (QED) is 0.515. The number of ether oxygens (including phenoxy) is 1. The van der Waals surface area contributed by atoms with E-state index in [9.17, 15) is 14.4 Å². The van der Waals surface area contributed by atoms with Crippen molar-refractivity contribution in [1.82, 2.24) is 20.3 Å². The molecule has 1 amide bonds. The largest absolute Gasteiger partial charge is 0.441 e. The number of amides is 1. The molecule has 0 radical (unpaired) electrons. The summed E-state index contributed by atoms with van der Waals surface area (Å²) in [4.78, 5) is 36.3. The van der Waals surface area contributed by atoms with Crippen LogP contribution < -0.4 is 10.9 Å². The molecule has 0 bridgehead atoms. The lowest BCUT2D eigenvalue weighted by molar-refractivity contribution is -0.151. The maximum absolute atomic E-state index is 12.3. The normalized spacial score (nSPS) is 12.0. The lowest BCUT2D eigenvalue weighted by atomic mass is 10.2. The van der Waals surface area contributed by atoms with E-state index in [2.05, 4.69) is 15.6 Å². The highest BCUT2D eigenvalue weighted by Crippen LogP contribution is 2.03. The number of aromatic nitrogens is 3. The van der Waals surface area contributed by atoms with Crippen LogP contribution in [-0.4, -0.2) is 32.9 Å². The van der Waals surface area contributed by atoms with Crippen LogP contribution in [0.25, 0.3) is 17.0 Å². The van der Waals surface area contributed by atoms with E-state index in [0.717, 1.165) is 10.2 Å². The fourth-order valence-electron chi connectivity index (χ4n) is 2.41. The lowest BCUT2D eigenvalue weighted by Gasteiger charge is -2.12. The van der Waals surface area contributed by atoms with Crippen LogP contribution in [0.1, 0.15) is 12.5 Å². The van der Waals surface area contributed by atoms with Crippen LogP contribution in [0.15, 0.2) is 65.5 Å². The smallest absolute Gasteiger partial charge is 0.330 e. The molecule has 0 unspecified atom stereocenters. The number of carbonyl (C=O) groups excluding carboxylic acids is 2. The molecular formula is C20H18N4O4. The molecule has 0 aliphatic carbocycles. The van der Waals surface area contributed by atoms with Gasteiger partial charge in [-0.1, -0.05) is 47.7 Å². The Hall–Kier alpha value is -3.81. The van der Waals surface area contributed by atoms with E-state index in [1.54, 1.807) is 30.3 Å². The summed E-state index contributed by atoms with van der Waals surface area (Å²) in [7, 11) is 0. The molecule has 142 valence electrons. The zero-order valence-electron chi connectivity index (χ0n) is 15.1. The zero-order chi connectivity index (χ0) is 19.9. The Labute approximate surface area is 160 Å². The Kier molecular flexibility index (Phi) is 5.91. The minimum absolute atomic E-state index is 0.376. The van der Waals surface area contributed by atoms with Crippen molar-refractivity contribution in [2.75, 3.05) is 0 Å². The Balaban J connectivity index is 1.56. The van der Waals surface area contributed by atoms with E-state index in [4.69, 9.17) is 4.74 Å². The van der Waals surface area contributed by atoms with Gasteiger partial charge in [-0.05, 0) is 30.7 Å². The molecule has 1 heterocycles. The molecule has 8 heteroatoms. The molecule has 0 aliphatic heterocycles. The monoisotopic (exact) mass is 378 g/mol. The molecule has 1 N–H and O–H groups in total. The van der Waals surface area contributed by atoms with Crippen LogP contribution in [0, 0.1) is 0 Å². The van der Waals surface area contributed by atoms with Gasteiger partial charge in [-0.25, -0.2) is 4.79 Å². The highest BCUT2D eigenvalue weighted by Gasteiger charge is 2.17. The summed E-state index contributed by atoms with van der Waals surface area (Å²) in [5.74, 6) is -1.13. The summed E-state index contributed by atoms with van der Waals surface area (Å²) in [5.41, 5.74) is 0.906. The number of nitrogens with one attached hydrogen (secondary N) is 1. The second-order valence-corrected chi connectivity index (χ2v) is 5.98. The molecule has 0 saturated heterocycles. The molecule has 0 aliphatic rings. The molecule has 1 aromatic heterocycles. The van der Waals surface area contributed by atoms with Crippen molar-refractivity contribution in [3.05, 3.63) is 76.6 Å². The van der Waals surface area contributed by atoms with Crippen molar-refractivity contribution in [3.63, 3.8) is 0 Å². The molecule has 2 aromatic carbocycles. The van der Waals surface area contributed by atoms with Crippen molar-refractivity contribution in [1.29, 1.82) is 0 Å². The highest BCUT2D eigenvalue weighted by molar-refractivity contribution is 5.94. The maximum Gasteiger partial charge on any atom is 0.330 e. The molecule has 0 fully saturated rings. The fraction of sp³-hybridized carbons (Fsp3) is 0.150. The second kappa shape index (κ2) is 8.72. The van der Waals surface area contributed by atoms with Gasteiger partial charge in [0.25, 0.3) is 5.56 Å². The van der Waals surface area contributed by atoms with Crippen LogP contribution in [0.5, 0.6) is 0 Å². The summed E-state index contributed by atoms with van der Waals surface area (Å²) in [6.07, 6.45) is 2.97.